The third-order valence-corrected chi connectivity index (χ3v) is 7.07. The molecule has 2 heterocycles. The zero-order chi connectivity index (χ0) is 25.4. The van der Waals surface area contributed by atoms with E-state index in [4.69, 9.17) is 19.5 Å². The second-order valence-corrected chi connectivity index (χ2v) is 12.5. The van der Waals surface area contributed by atoms with E-state index in [9.17, 15) is 0 Å². The molecule has 0 saturated carbocycles. The molecule has 0 bridgehead atoms. The maximum Gasteiger partial charge on any atom is 0.200 e. The van der Waals surface area contributed by atoms with Crippen LogP contribution >= 0.6 is 0 Å². The maximum atomic E-state index is 6.27. The molecule has 188 valence electrons. The summed E-state index contributed by atoms with van der Waals surface area (Å²) in [5, 5.41) is 0. The lowest BCUT2D eigenvalue weighted by Crippen LogP contribution is -2.44. The molecule has 4 heteroatoms. The minimum atomic E-state index is -0.567. The lowest BCUT2D eigenvalue weighted by atomic mass is 9.74. The maximum absolute atomic E-state index is 6.27. The molecule has 0 radical (unpaired) electrons. The molecule has 0 aromatic heterocycles. The van der Waals surface area contributed by atoms with Gasteiger partial charge in [0.25, 0.3) is 0 Å². The highest BCUT2D eigenvalue weighted by Gasteiger charge is 2.48. The van der Waals surface area contributed by atoms with E-state index in [-0.39, 0.29) is 22.9 Å². The van der Waals surface area contributed by atoms with Crippen LogP contribution in [0, 0.1) is 5.41 Å². The Balaban J connectivity index is 1.78. The molecule has 0 spiro atoms. The number of rotatable bonds is 6. The van der Waals surface area contributed by atoms with Crippen LogP contribution in [-0.2, 0) is 33.1 Å². The van der Waals surface area contributed by atoms with E-state index >= 15 is 0 Å². The van der Waals surface area contributed by atoms with Crippen LogP contribution < -0.4 is 0 Å². The van der Waals surface area contributed by atoms with E-state index in [1.807, 2.05) is 0 Å². The van der Waals surface area contributed by atoms with E-state index in [1.165, 1.54) is 22.3 Å². The van der Waals surface area contributed by atoms with Crippen molar-refractivity contribution in [2.24, 2.45) is 15.4 Å². The Labute approximate surface area is 211 Å². The molecule has 35 heavy (non-hydrogen) atoms. The molecular formula is C31H42N2O2. The molecule has 2 atom stereocenters. The van der Waals surface area contributed by atoms with Gasteiger partial charge in [0, 0.05) is 0 Å². The first kappa shape index (κ1) is 25.5. The first-order valence-electron chi connectivity index (χ1n) is 13.0. The van der Waals surface area contributed by atoms with Crippen LogP contribution in [0.1, 0.15) is 77.6 Å². The van der Waals surface area contributed by atoms with Crippen LogP contribution in [0.2, 0.25) is 0 Å². The van der Waals surface area contributed by atoms with E-state index in [0.717, 1.165) is 24.6 Å². The van der Waals surface area contributed by atoms with Crippen molar-refractivity contribution in [2.45, 2.75) is 91.1 Å². The molecule has 0 N–H and O–H groups in total. The Bertz CT molecular complexity index is 993. The summed E-state index contributed by atoms with van der Waals surface area (Å²) >= 11 is 0. The van der Waals surface area contributed by atoms with Crippen molar-refractivity contribution in [2.75, 3.05) is 13.2 Å². The fourth-order valence-corrected chi connectivity index (χ4v) is 4.87. The van der Waals surface area contributed by atoms with Crippen molar-refractivity contribution in [3.8, 4) is 0 Å². The van der Waals surface area contributed by atoms with E-state index in [0.29, 0.717) is 13.2 Å². The van der Waals surface area contributed by atoms with Gasteiger partial charge in [-0.15, -0.1) is 0 Å². The van der Waals surface area contributed by atoms with E-state index in [2.05, 4.69) is 104 Å². The van der Waals surface area contributed by atoms with Crippen molar-refractivity contribution in [1.82, 2.24) is 0 Å². The summed E-state index contributed by atoms with van der Waals surface area (Å²) < 4.78 is 12.5. The average Bonchev–Trinajstić information content (AvgIpc) is 3.41. The topological polar surface area (TPSA) is 43.2 Å². The van der Waals surface area contributed by atoms with E-state index in [1.54, 1.807) is 0 Å². The number of benzene rings is 2. The van der Waals surface area contributed by atoms with Gasteiger partial charge in [-0.25, -0.2) is 9.98 Å². The molecule has 2 aliphatic rings. The van der Waals surface area contributed by atoms with Gasteiger partial charge in [0.05, 0.1) is 12.1 Å². The Morgan fingerprint density at radius 3 is 1.23 bits per heavy atom. The highest BCUT2D eigenvalue weighted by atomic mass is 16.5. The van der Waals surface area contributed by atoms with Crippen molar-refractivity contribution >= 4 is 11.8 Å². The molecule has 0 fully saturated rings. The molecule has 2 aromatic carbocycles. The highest BCUT2D eigenvalue weighted by Crippen LogP contribution is 2.38. The van der Waals surface area contributed by atoms with Gasteiger partial charge in [-0.3, -0.25) is 0 Å². The Morgan fingerprint density at radius 1 is 0.629 bits per heavy atom. The van der Waals surface area contributed by atoms with Gasteiger partial charge < -0.3 is 9.47 Å². The average molecular weight is 475 g/mol. The van der Waals surface area contributed by atoms with Gasteiger partial charge >= 0.3 is 0 Å². The summed E-state index contributed by atoms with van der Waals surface area (Å²) in [4.78, 5) is 9.94. The monoisotopic (exact) mass is 474 g/mol. The van der Waals surface area contributed by atoms with Gasteiger partial charge in [0.1, 0.15) is 18.6 Å². The van der Waals surface area contributed by atoms with Gasteiger partial charge in [-0.1, -0.05) is 90.1 Å². The van der Waals surface area contributed by atoms with E-state index < -0.39 is 5.41 Å². The fourth-order valence-electron chi connectivity index (χ4n) is 4.87. The fraction of sp³-hybridized carbons (Fsp3) is 0.548. The van der Waals surface area contributed by atoms with Crippen LogP contribution in [-0.4, -0.2) is 37.1 Å². The first-order chi connectivity index (χ1) is 16.4. The van der Waals surface area contributed by atoms with Crippen LogP contribution in [0.3, 0.4) is 0 Å². The lowest BCUT2D eigenvalue weighted by molar-refractivity contribution is 0.251. The predicted molar refractivity (Wildman–Crippen MR) is 146 cm³/mol. The number of aliphatic imine (C=N–C) groups is 2. The Kier molecular flexibility index (Phi) is 6.87. The summed E-state index contributed by atoms with van der Waals surface area (Å²) in [7, 11) is 0. The van der Waals surface area contributed by atoms with Gasteiger partial charge in [0.15, 0.2) is 11.8 Å². The molecule has 0 amide bonds. The van der Waals surface area contributed by atoms with Crippen molar-refractivity contribution in [3.05, 3.63) is 70.8 Å². The van der Waals surface area contributed by atoms with Crippen molar-refractivity contribution in [3.63, 3.8) is 0 Å². The summed E-state index contributed by atoms with van der Waals surface area (Å²) in [6.45, 7) is 18.9. The van der Waals surface area contributed by atoms with Gasteiger partial charge in [-0.05, 0) is 59.8 Å². The highest BCUT2D eigenvalue weighted by molar-refractivity contribution is 6.06. The van der Waals surface area contributed by atoms with Crippen molar-refractivity contribution < 1.29 is 9.47 Å². The number of hydrogen-bond acceptors (Lipinski definition) is 4. The van der Waals surface area contributed by atoms with Gasteiger partial charge in [-0.2, -0.15) is 0 Å². The van der Waals surface area contributed by atoms with Crippen LogP contribution in [0.25, 0.3) is 0 Å². The molecular weight excluding hydrogens is 432 g/mol. The Hall–Kier alpha value is -2.62. The molecule has 4 nitrogen and oxygen atoms in total. The summed E-state index contributed by atoms with van der Waals surface area (Å²) in [5.41, 5.74) is 4.80. The summed E-state index contributed by atoms with van der Waals surface area (Å²) in [6.07, 6.45) is 1.46. The summed E-state index contributed by atoms with van der Waals surface area (Å²) in [6, 6.07) is 18.2. The normalized spacial score (nSPS) is 20.8. The molecule has 0 saturated heterocycles. The molecule has 2 unspecified atom stereocenters. The molecule has 0 aliphatic carbocycles. The van der Waals surface area contributed by atoms with Crippen molar-refractivity contribution in [1.29, 1.82) is 0 Å². The summed E-state index contributed by atoms with van der Waals surface area (Å²) in [5.74, 6) is 1.52. The molecule has 2 aromatic rings. The number of ether oxygens (including phenoxy) is 2. The number of hydrogen-bond donors (Lipinski definition) is 0. The minimum Gasteiger partial charge on any atom is -0.478 e. The second-order valence-electron chi connectivity index (χ2n) is 12.5. The minimum absolute atomic E-state index is 0.118. The lowest BCUT2D eigenvalue weighted by Gasteiger charge is -2.33. The largest absolute Gasteiger partial charge is 0.478 e. The smallest absolute Gasteiger partial charge is 0.200 e. The van der Waals surface area contributed by atoms with Crippen LogP contribution in [0.4, 0.5) is 0 Å². The standard InChI is InChI=1S/C31H42N2O2/c1-21-19-34-27(32-21)31(28-33-22(2)20-35-28,17-23-9-13-25(14-10-23)29(3,4)5)18-24-11-15-26(16-12-24)30(6,7)8/h9-16,21-22H,17-20H2,1-8H3. The van der Waals surface area contributed by atoms with Crippen LogP contribution in [0.15, 0.2) is 58.5 Å². The zero-order valence-electron chi connectivity index (χ0n) is 22.8. The van der Waals surface area contributed by atoms with Gasteiger partial charge in [0.2, 0.25) is 0 Å². The predicted octanol–water partition coefficient (Wildman–Crippen LogP) is 6.69. The second kappa shape index (κ2) is 9.44. The SMILES string of the molecule is CC1COC(C(Cc2ccc(C(C)(C)C)cc2)(Cc2ccc(C(C)(C)C)cc2)C2=NC(C)CO2)=N1. The zero-order valence-corrected chi connectivity index (χ0v) is 22.8. The first-order valence-corrected chi connectivity index (χ1v) is 13.0. The third kappa shape index (κ3) is 5.63. The molecule has 4 rings (SSSR count). The Morgan fingerprint density at radius 2 is 0.971 bits per heavy atom. The quantitative estimate of drug-likeness (QED) is 0.468. The van der Waals surface area contributed by atoms with Crippen LogP contribution in [0.5, 0.6) is 0 Å². The molecule has 2 aliphatic heterocycles. The third-order valence-electron chi connectivity index (χ3n) is 7.07. The number of nitrogens with zero attached hydrogens (tertiary/aromatic N) is 2.